The van der Waals surface area contributed by atoms with Crippen molar-refractivity contribution in [1.29, 1.82) is 0 Å². The zero-order valence-corrected chi connectivity index (χ0v) is 22.7. The van der Waals surface area contributed by atoms with Crippen molar-refractivity contribution in [2.75, 3.05) is 32.7 Å². The molecular formula is C31H33N3O3S. The first-order valence-electron chi connectivity index (χ1n) is 13.0. The number of aryl methyl sites for hydroxylation is 1. The van der Waals surface area contributed by atoms with Gasteiger partial charge in [0.15, 0.2) is 9.84 Å². The maximum Gasteiger partial charge on any atom is 0.253 e. The van der Waals surface area contributed by atoms with Crippen molar-refractivity contribution in [3.05, 3.63) is 107 Å². The fourth-order valence-electron chi connectivity index (χ4n) is 5.19. The van der Waals surface area contributed by atoms with Crippen molar-refractivity contribution < 1.29 is 13.2 Å². The lowest BCUT2D eigenvalue weighted by Crippen LogP contribution is -2.49. The molecule has 5 rings (SSSR count). The highest BCUT2D eigenvalue weighted by Gasteiger charge is 2.25. The minimum Gasteiger partial charge on any atom is -0.336 e. The summed E-state index contributed by atoms with van der Waals surface area (Å²) < 4.78 is 26.6. The van der Waals surface area contributed by atoms with E-state index in [1.165, 1.54) is 5.56 Å². The maximum atomic E-state index is 13.3. The highest BCUT2D eigenvalue weighted by atomic mass is 32.2. The topological polar surface area (TPSA) is 70.6 Å². The Morgan fingerprint density at radius 3 is 2.39 bits per heavy atom. The minimum atomic E-state index is -3.62. The lowest BCUT2D eigenvalue weighted by molar-refractivity contribution is 0.0631. The predicted molar refractivity (Wildman–Crippen MR) is 151 cm³/mol. The minimum absolute atomic E-state index is 0.00322. The predicted octanol–water partition coefficient (Wildman–Crippen LogP) is 5.08. The molecule has 38 heavy (non-hydrogen) atoms. The van der Waals surface area contributed by atoms with Crippen LogP contribution in [-0.4, -0.2) is 61.8 Å². The molecule has 0 aliphatic carbocycles. The fourth-order valence-corrected chi connectivity index (χ4v) is 6.83. The molecule has 0 bridgehead atoms. The molecule has 2 heterocycles. The summed E-state index contributed by atoms with van der Waals surface area (Å²) in [6, 6.07) is 24.7. The van der Waals surface area contributed by atoms with E-state index in [1.54, 1.807) is 36.5 Å². The number of benzene rings is 3. The second-order valence-corrected chi connectivity index (χ2v) is 12.1. The molecule has 1 saturated heterocycles. The number of carbonyl (C=O) groups excluding carboxylic acids is 1. The Morgan fingerprint density at radius 2 is 1.66 bits per heavy atom. The molecule has 1 atom stereocenters. The number of amides is 1. The van der Waals surface area contributed by atoms with Gasteiger partial charge in [0.2, 0.25) is 0 Å². The summed E-state index contributed by atoms with van der Waals surface area (Å²) in [5.41, 5.74) is 3.90. The van der Waals surface area contributed by atoms with Gasteiger partial charge in [0.05, 0.1) is 16.2 Å². The van der Waals surface area contributed by atoms with E-state index in [2.05, 4.69) is 41.1 Å². The van der Waals surface area contributed by atoms with Crippen LogP contribution < -0.4 is 0 Å². The Hall–Kier alpha value is -3.55. The zero-order chi connectivity index (χ0) is 26.7. The molecule has 0 saturated carbocycles. The first-order valence-corrected chi connectivity index (χ1v) is 14.7. The van der Waals surface area contributed by atoms with Crippen molar-refractivity contribution in [1.82, 2.24) is 14.8 Å². The van der Waals surface area contributed by atoms with Crippen LogP contribution in [0.1, 0.15) is 39.9 Å². The molecule has 1 fully saturated rings. The number of hydrogen-bond donors (Lipinski definition) is 0. The molecule has 1 unspecified atom stereocenters. The Kier molecular flexibility index (Phi) is 7.58. The Morgan fingerprint density at radius 1 is 0.921 bits per heavy atom. The number of aromatic nitrogens is 1. The fraction of sp³-hybridized carbons (Fsp3) is 0.290. The van der Waals surface area contributed by atoms with Gasteiger partial charge in [-0.25, -0.2) is 8.42 Å². The molecule has 6 nitrogen and oxygen atoms in total. The highest BCUT2D eigenvalue weighted by Crippen LogP contribution is 2.26. The van der Waals surface area contributed by atoms with Gasteiger partial charge in [-0.05, 0) is 53.8 Å². The average molecular weight is 528 g/mol. The van der Waals surface area contributed by atoms with Crippen LogP contribution in [0.15, 0.2) is 90.0 Å². The number of hydrogen-bond acceptors (Lipinski definition) is 5. The second-order valence-electron chi connectivity index (χ2n) is 10.1. The molecule has 196 valence electrons. The van der Waals surface area contributed by atoms with Crippen molar-refractivity contribution >= 4 is 26.6 Å². The second kappa shape index (κ2) is 11.1. The van der Waals surface area contributed by atoms with E-state index in [-0.39, 0.29) is 16.6 Å². The van der Waals surface area contributed by atoms with Gasteiger partial charge < -0.3 is 4.90 Å². The van der Waals surface area contributed by atoms with Crippen molar-refractivity contribution in [3.63, 3.8) is 0 Å². The van der Waals surface area contributed by atoms with Crippen LogP contribution in [0.3, 0.4) is 0 Å². The van der Waals surface area contributed by atoms with Gasteiger partial charge >= 0.3 is 0 Å². The van der Waals surface area contributed by atoms with E-state index in [1.807, 2.05) is 36.1 Å². The first-order chi connectivity index (χ1) is 18.3. The zero-order valence-electron chi connectivity index (χ0n) is 21.9. The van der Waals surface area contributed by atoms with Crippen LogP contribution in [-0.2, 0) is 15.6 Å². The summed E-state index contributed by atoms with van der Waals surface area (Å²) >= 11 is 0. The van der Waals surface area contributed by atoms with Gasteiger partial charge in [0.25, 0.3) is 5.91 Å². The third kappa shape index (κ3) is 5.64. The third-order valence-corrected chi connectivity index (χ3v) is 9.12. The molecule has 1 amide bonds. The van der Waals surface area contributed by atoms with Gasteiger partial charge in [-0.1, -0.05) is 61.5 Å². The molecule has 7 heteroatoms. The van der Waals surface area contributed by atoms with E-state index < -0.39 is 9.84 Å². The maximum absolute atomic E-state index is 13.3. The number of carbonyl (C=O) groups is 1. The number of fused-ring (bicyclic) bond motifs is 1. The first kappa shape index (κ1) is 26.1. The summed E-state index contributed by atoms with van der Waals surface area (Å²) in [7, 11) is -3.62. The Balaban J connectivity index is 1.23. The third-order valence-electron chi connectivity index (χ3n) is 7.43. The average Bonchev–Trinajstić information content (AvgIpc) is 2.94. The van der Waals surface area contributed by atoms with E-state index in [9.17, 15) is 13.2 Å². The molecule has 0 spiro atoms. The van der Waals surface area contributed by atoms with Crippen LogP contribution in [0.25, 0.3) is 10.9 Å². The molecule has 4 aromatic rings. The molecule has 3 aromatic carbocycles. The summed E-state index contributed by atoms with van der Waals surface area (Å²) in [6.45, 7) is 8.14. The molecule has 1 aliphatic heterocycles. The Labute approximate surface area is 224 Å². The standard InChI is InChI=1S/C31H33N3O3S/c1-23-20-27(31(35)34-18-16-33(17-19-34)21-24(2)25-8-4-3-5-9-25)13-14-28(23)22-38(36,37)29-12-6-10-26-11-7-15-32-30(26)29/h3-15,20,24H,16-19,21-22H2,1-2H3. The van der Waals surface area contributed by atoms with Crippen molar-refractivity contribution in [3.8, 4) is 0 Å². The molecular weight excluding hydrogens is 494 g/mol. The monoisotopic (exact) mass is 527 g/mol. The molecule has 0 radical (unpaired) electrons. The summed E-state index contributed by atoms with van der Waals surface area (Å²) in [5.74, 6) is 0.299. The molecule has 0 N–H and O–H groups in total. The number of sulfone groups is 1. The number of nitrogens with zero attached hydrogens (tertiary/aromatic N) is 3. The molecule has 1 aromatic heterocycles. The number of rotatable bonds is 7. The quantitative estimate of drug-likeness (QED) is 0.335. The molecule has 1 aliphatic rings. The van der Waals surface area contributed by atoms with Gasteiger partial charge in [0, 0.05) is 49.9 Å². The van der Waals surface area contributed by atoms with Crippen LogP contribution in [0, 0.1) is 6.92 Å². The van der Waals surface area contributed by atoms with E-state index >= 15 is 0 Å². The van der Waals surface area contributed by atoms with Crippen LogP contribution in [0.2, 0.25) is 0 Å². The lowest BCUT2D eigenvalue weighted by atomic mass is 10.0. The van der Waals surface area contributed by atoms with E-state index in [0.29, 0.717) is 35.7 Å². The number of pyridine rings is 1. The lowest BCUT2D eigenvalue weighted by Gasteiger charge is -2.36. The van der Waals surface area contributed by atoms with Crippen molar-refractivity contribution in [2.24, 2.45) is 0 Å². The highest BCUT2D eigenvalue weighted by molar-refractivity contribution is 7.90. The van der Waals surface area contributed by atoms with Crippen molar-refractivity contribution in [2.45, 2.75) is 30.4 Å². The van der Waals surface area contributed by atoms with Crippen LogP contribution in [0.5, 0.6) is 0 Å². The Bertz CT molecular complexity index is 1540. The van der Waals surface area contributed by atoms with E-state index in [4.69, 9.17) is 0 Å². The van der Waals surface area contributed by atoms with Crippen LogP contribution >= 0.6 is 0 Å². The van der Waals surface area contributed by atoms with Gasteiger partial charge in [0.1, 0.15) is 0 Å². The normalized spacial score (nSPS) is 15.5. The summed E-state index contributed by atoms with van der Waals surface area (Å²) in [4.78, 5) is 22.1. The smallest absolute Gasteiger partial charge is 0.253 e. The van der Waals surface area contributed by atoms with Gasteiger partial charge in [-0.2, -0.15) is 0 Å². The largest absolute Gasteiger partial charge is 0.336 e. The van der Waals surface area contributed by atoms with Gasteiger partial charge in [-0.3, -0.25) is 14.7 Å². The van der Waals surface area contributed by atoms with E-state index in [0.717, 1.165) is 30.6 Å². The van der Waals surface area contributed by atoms with Gasteiger partial charge in [-0.15, -0.1) is 0 Å². The number of para-hydroxylation sites is 1. The number of piperazine rings is 1. The van der Waals surface area contributed by atoms with Crippen LogP contribution in [0.4, 0.5) is 0 Å². The summed E-state index contributed by atoms with van der Waals surface area (Å²) in [6.07, 6.45) is 1.61. The summed E-state index contributed by atoms with van der Waals surface area (Å²) in [5, 5.41) is 0.792. The SMILES string of the molecule is Cc1cc(C(=O)N2CCN(CC(C)c3ccccc3)CC2)ccc1CS(=O)(=O)c1cccc2cccnc12.